The van der Waals surface area contributed by atoms with Crippen molar-refractivity contribution in [3.05, 3.63) is 82.5 Å². The van der Waals surface area contributed by atoms with Gasteiger partial charge in [0.25, 0.3) is 0 Å². The molecular weight excluding hydrogens is 474 g/mol. The molecular formula is C29H30ClN3O3. The molecule has 0 spiro atoms. The van der Waals surface area contributed by atoms with Crippen LogP contribution >= 0.6 is 11.6 Å². The Labute approximate surface area is 216 Å². The minimum atomic E-state index is -0.489. The van der Waals surface area contributed by atoms with E-state index >= 15 is 0 Å². The maximum atomic E-state index is 13.5. The first-order chi connectivity index (χ1) is 17.3. The zero-order valence-corrected chi connectivity index (χ0v) is 21.5. The molecule has 3 aliphatic rings. The topological polar surface area (TPSA) is 61.9 Å². The van der Waals surface area contributed by atoms with Crippen LogP contribution in [0.1, 0.15) is 44.2 Å². The third-order valence-corrected chi connectivity index (χ3v) is 6.97. The normalized spacial score (nSPS) is 19.2. The molecule has 2 aliphatic carbocycles. The van der Waals surface area contributed by atoms with Crippen molar-refractivity contribution in [1.82, 2.24) is 5.32 Å². The molecule has 0 saturated heterocycles. The van der Waals surface area contributed by atoms with E-state index in [0.717, 1.165) is 23.1 Å². The van der Waals surface area contributed by atoms with E-state index in [1.165, 1.54) is 18.5 Å². The average molecular weight is 504 g/mol. The third kappa shape index (κ3) is 4.91. The average Bonchev–Trinajstić information content (AvgIpc) is 3.68. The largest absolute Gasteiger partial charge is 0.419 e. The van der Waals surface area contributed by atoms with Gasteiger partial charge in [-0.2, -0.15) is 0 Å². The van der Waals surface area contributed by atoms with Crippen LogP contribution in [0.4, 0.5) is 16.2 Å². The van der Waals surface area contributed by atoms with Crippen molar-refractivity contribution < 1.29 is 14.3 Å². The summed E-state index contributed by atoms with van der Waals surface area (Å²) >= 11 is 6.08. The molecule has 1 unspecified atom stereocenters. The van der Waals surface area contributed by atoms with E-state index in [-0.39, 0.29) is 11.9 Å². The summed E-state index contributed by atoms with van der Waals surface area (Å²) in [6, 6.07) is 11.4. The Kier molecular flexibility index (Phi) is 6.63. The van der Waals surface area contributed by atoms with Gasteiger partial charge in [0.05, 0.1) is 17.4 Å². The number of amides is 2. The summed E-state index contributed by atoms with van der Waals surface area (Å²) in [5, 5.41) is 4.25. The molecule has 36 heavy (non-hydrogen) atoms. The maximum absolute atomic E-state index is 13.5. The molecule has 0 bridgehead atoms. The quantitative estimate of drug-likeness (QED) is 0.525. The van der Waals surface area contributed by atoms with Crippen molar-refractivity contribution in [3.63, 3.8) is 0 Å². The molecule has 186 valence electrons. The van der Waals surface area contributed by atoms with Crippen LogP contribution in [-0.4, -0.2) is 30.6 Å². The lowest BCUT2D eigenvalue weighted by Crippen LogP contribution is -2.52. The molecule has 5 rings (SSSR count). The smallest absolute Gasteiger partial charge is 0.410 e. The van der Waals surface area contributed by atoms with Gasteiger partial charge in [-0.25, -0.2) is 4.79 Å². The highest BCUT2D eigenvalue weighted by Gasteiger charge is 2.35. The zero-order chi connectivity index (χ0) is 25.4. The first-order valence-electron chi connectivity index (χ1n) is 12.3. The van der Waals surface area contributed by atoms with E-state index in [0.29, 0.717) is 34.7 Å². The first-order valence-corrected chi connectivity index (χ1v) is 12.7. The van der Waals surface area contributed by atoms with Gasteiger partial charge in [0, 0.05) is 42.2 Å². The van der Waals surface area contributed by atoms with Gasteiger partial charge in [-0.05, 0) is 68.1 Å². The number of rotatable bonds is 4. The monoisotopic (exact) mass is 503 g/mol. The summed E-state index contributed by atoms with van der Waals surface area (Å²) in [5.74, 6) is 0.395. The number of fused-ring (bicyclic) bond motifs is 1. The van der Waals surface area contributed by atoms with E-state index in [2.05, 4.69) is 23.5 Å². The number of nitrogens with one attached hydrogen (secondary N) is 1. The molecule has 7 heteroatoms. The van der Waals surface area contributed by atoms with Gasteiger partial charge in [0.2, 0.25) is 5.91 Å². The summed E-state index contributed by atoms with van der Waals surface area (Å²) in [6.45, 7) is 5.67. The maximum Gasteiger partial charge on any atom is 0.419 e. The summed E-state index contributed by atoms with van der Waals surface area (Å²) in [7, 11) is 0. The fraction of sp³-hybridized carbons (Fsp3) is 0.310. The van der Waals surface area contributed by atoms with Crippen molar-refractivity contribution >= 4 is 40.5 Å². The van der Waals surface area contributed by atoms with Crippen LogP contribution in [0.5, 0.6) is 5.75 Å². The number of carbonyl (C=O) groups excluding carboxylic acids is 2. The van der Waals surface area contributed by atoms with E-state index in [1.54, 1.807) is 34.9 Å². The molecule has 1 atom stereocenters. The molecule has 1 heterocycles. The van der Waals surface area contributed by atoms with Crippen LogP contribution in [0, 0.1) is 6.92 Å². The van der Waals surface area contributed by atoms with E-state index < -0.39 is 6.09 Å². The van der Waals surface area contributed by atoms with Gasteiger partial charge in [0.15, 0.2) is 0 Å². The number of anilines is 2. The van der Waals surface area contributed by atoms with Crippen molar-refractivity contribution in [2.24, 2.45) is 0 Å². The lowest BCUT2D eigenvalue weighted by atomic mass is 9.98. The highest BCUT2D eigenvalue weighted by atomic mass is 35.5. The third-order valence-electron chi connectivity index (χ3n) is 6.73. The molecule has 1 saturated carbocycles. The number of aryl methyl sites for hydroxylation is 1. The molecule has 0 aromatic heterocycles. The van der Waals surface area contributed by atoms with Crippen LogP contribution in [0.15, 0.2) is 66.4 Å². The molecule has 2 amide bonds. The number of halogens is 1. The summed E-state index contributed by atoms with van der Waals surface area (Å²) in [4.78, 5) is 29.4. The van der Waals surface area contributed by atoms with Crippen molar-refractivity contribution in [3.8, 4) is 5.75 Å². The molecule has 1 N–H and O–H groups in total. The predicted octanol–water partition coefficient (Wildman–Crippen LogP) is 6.39. The number of hydrogen-bond acceptors (Lipinski definition) is 4. The van der Waals surface area contributed by atoms with Gasteiger partial charge in [-0.15, -0.1) is 0 Å². The van der Waals surface area contributed by atoms with E-state index in [9.17, 15) is 9.59 Å². The zero-order valence-electron chi connectivity index (χ0n) is 20.8. The van der Waals surface area contributed by atoms with Gasteiger partial charge in [-0.3, -0.25) is 9.69 Å². The fourth-order valence-electron chi connectivity index (χ4n) is 4.83. The highest BCUT2D eigenvalue weighted by molar-refractivity contribution is 6.30. The highest BCUT2D eigenvalue weighted by Crippen LogP contribution is 2.40. The Hall–Kier alpha value is -3.51. The summed E-state index contributed by atoms with van der Waals surface area (Å²) < 4.78 is 5.80. The number of carbonyl (C=O) groups is 2. The van der Waals surface area contributed by atoms with Crippen LogP contribution in [-0.2, 0) is 4.79 Å². The minimum Gasteiger partial charge on any atom is -0.410 e. The molecule has 2 aromatic rings. The number of allylic oxidation sites excluding steroid dienone is 5. The molecule has 1 fully saturated rings. The Morgan fingerprint density at radius 3 is 2.61 bits per heavy atom. The summed E-state index contributed by atoms with van der Waals surface area (Å²) in [5.41, 5.74) is 5.36. The van der Waals surface area contributed by atoms with Gasteiger partial charge >= 0.3 is 6.09 Å². The van der Waals surface area contributed by atoms with Gasteiger partial charge < -0.3 is 15.0 Å². The second-order valence-electron chi connectivity index (χ2n) is 9.63. The van der Waals surface area contributed by atoms with Crippen LogP contribution in [0.25, 0.3) is 5.57 Å². The Morgan fingerprint density at radius 1 is 1.08 bits per heavy atom. The van der Waals surface area contributed by atoms with Crippen molar-refractivity contribution in [2.75, 3.05) is 16.3 Å². The van der Waals surface area contributed by atoms with E-state index in [1.807, 2.05) is 38.1 Å². The second kappa shape index (κ2) is 9.86. The van der Waals surface area contributed by atoms with E-state index in [4.69, 9.17) is 16.3 Å². The van der Waals surface area contributed by atoms with Crippen molar-refractivity contribution in [1.29, 1.82) is 0 Å². The number of hydrogen-bond donors (Lipinski definition) is 1. The minimum absolute atomic E-state index is 0.0630. The molecule has 2 aromatic carbocycles. The number of nitrogens with zero attached hydrogens (tertiary/aromatic N) is 2. The van der Waals surface area contributed by atoms with Gasteiger partial charge in [0.1, 0.15) is 5.75 Å². The van der Waals surface area contributed by atoms with Gasteiger partial charge in [-0.1, -0.05) is 42.0 Å². The first kappa shape index (κ1) is 24.2. The Balaban J connectivity index is 1.56. The lowest BCUT2D eigenvalue weighted by molar-refractivity contribution is -0.117. The fourth-order valence-corrected chi connectivity index (χ4v) is 5.06. The number of benzene rings is 2. The molecule has 0 radical (unpaired) electrons. The molecule has 6 nitrogen and oxygen atoms in total. The van der Waals surface area contributed by atoms with Crippen molar-refractivity contribution in [2.45, 2.75) is 52.1 Å². The SMILES string of the molecule is CC(=O)N1c2ccc(C3=C(NC4CC4)CC=CC=C3)cc2N(C(=O)Oc2ccc(Cl)cc2C)CC1C. The summed E-state index contributed by atoms with van der Waals surface area (Å²) in [6.07, 6.45) is 11.0. The lowest BCUT2D eigenvalue weighted by Gasteiger charge is -2.40. The second-order valence-corrected chi connectivity index (χ2v) is 10.1. The Bertz CT molecular complexity index is 1310. The van der Waals surface area contributed by atoms with Crippen LogP contribution in [0.2, 0.25) is 5.02 Å². The number of ether oxygens (including phenoxy) is 1. The van der Waals surface area contributed by atoms with Crippen LogP contribution < -0.4 is 19.9 Å². The standard InChI is InChI=1S/C29H30ClN3O3/c1-18-15-22(30)10-14-28(18)36-29(35)32-17-19(2)33(20(3)34)26-13-9-21(16-27(26)32)24-7-5-4-6-8-25(24)31-23-11-12-23/h4-7,9-10,13-16,19,23,31H,8,11-12,17H2,1-3H3. The molecule has 1 aliphatic heterocycles. The Morgan fingerprint density at radius 2 is 1.89 bits per heavy atom. The predicted molar refractivity (Wildman–Crippen MR) is 145 cm³/mol. The van der Waals surface area contributed by atoms with Crippen LogP contribution in [0.3, 0.4) is 0 Å².